The summed E-state index contributed by atoms with van der Waals surface area (Å²) in [6, 6.07) is 23.5. The average molecular weight is 423 g/mol. The van der Waals surface area contributed by atoms with E-state index in [4.69, 9.17) is 4.74 Å². The van der Waals surface area contributed by atoms with E-state index < -0.39 is 0 Å². The summed E-state index contributed by atoms with van der Waals surface area (Å²) < 4.78 is 8.14. The molecule has 2 aliphatic rings. The first-order valence-electron chi connectivity index (χ1n) is 11.4. The van der Waals surface area contributed by atoms with Crippen molar-refractivity contribution >= 4 is 16.3 Å². The maximum atomic E-state index is 5.91. The van der Waals surface area contributed by atoms with Crippen molar-refractivity contribution in [2.75, 3.05) is 26.2 Å². The van der Waals surface area contributed by atoms with Gasteiger partial charge >= 0.3 is 0 Å². The predicted molar refractivity (Wildman–Crippen MR) is 128 cm³/mol. The molecule has 3 heterocycles. The Bertz CT molecular complexity index is 1310. The molecule has 0 atom stereocenters. The van der Waals surface area contributed by atoms with Gasteiger partial charge in [-0.15, -0.1) is 10.2 Å². The Kier molecular flexibility index (Phi) is 4.96. The van der Waals surface area contributed by atoms with Gasteiger partial charge < -0.3 is 9.30 Å². The maximum Gasteiger partial charge on any atom is 0.167 e. The quantitative estimate of drug-likeness (QED) is 0.473. The fourth-order valence-electron chi connectivity index (χ4n) is 4.80. The van der Waals surface area contributed by atoms with Gasteiger partial charge in [0.15, 0.2) is 5.82 Å². The highest BCUT2D eigenvalue weighted by molar-refractivity contribution is 5.86. The number of hydrogen-bond acceptors (Lipinski definition) is 4. The van der Waals surface area contributed by atoms with Crippen LogP contribution in [0.1, 0.15) is 17.8 Å². The van der Waals surface area contributed by atoms with Crippen LogP contribution in [0.3, 0.4) is 0 Å². The van der Waals surface area contributed by atoms with Gasteiger partial charge in [-0.2, -0.15) is 0 Å². The summed E-state index contributed by atoms with van der Waals surface area (Å²) in [6.45, 7) is 4.48. The highest BCUT2D eigenvalue weighted by Gasteiger charge is 2.21. The van der Waals surface area contributed by atoms with Gasteiger partial charge in [0.1, 0.15) is 18.2 Å². The summed E-state index contributed by atoms with van der Waals surface area (Å²) in [7, 11) is 0. The monoisotopic (exact) mass is 422 g/mol. The number of hydrogen-bond donors (Lipinski definition) is 0. The summed E-state index contributed by atoms with van der Waals surface area (Å²) in [6.07, 6.45) is 4.37. The minimum atomic E-state index is 0.649. The van der Waals surface area contributed by atoms with E-state index in [1.165, 1.54) is 21.9 Å². The van der Waals surface area contributed by atoms with Crippen LogP contribution in [0.4, 0.5) is 0 Å². The van der Waals surface area contributed by atoms with Crippen molar-refractivity contribution in [3.8, 4) is 17.1 Å². The topological polar surface area (TPSA) is 43.2 Å². The lowest BCUT2D eigenvalue weighted by molar-refractivity contribution is 0.293. The molecule has 0 amide bonds. The lowest BCUT2D eigenvalue weighted by atomic mass is 9.97. The fraction of sp³-hybridized carbons (Fsp3) is 0.259. The highest BCUT2D eigenvalue weighted by Crippen LogP contribution is 2.31. The summed E-state index contributed by atoms with van der Waals surface area (Å²) in [4.78, 5) is 2.51. The number of fused-ring (bicyclic) bond motifs is 4. The van der Waals surface area contributed by atoms with Crippen molar-refractivity contribution in [1.82, 2.24) is 19.7 Å². The Hall–Kier alpha value is -3.44. The van der Waals surface area contributed by atoms with Gasteiger partial charge in [-0.05, 0) is 46.5 Å². The summed E-state index contributed by atoms with van der Waals surface area (Å²) >= 11 is 0. The van der Waals surface area contributed by atoms with Crippen molar-refractivity contribution in [2.24, 2.45) is 0 Å². The van der Waals surface area contributed by atoms with Crippen molar-refractivity contribution in [3.63, 3.8) is 0 Å². The molecule has 0 N–H and O–H groups in total. The molecule has 6 rings (SSSR count). The average Bonchev–Trinajstić information content (AvgIpc) is 3.16. The molecule has 0 saturated carbocycles. The molecule has 0 radical (unpaired) electrons. The van der Waals surface area contributed by atoms with E-state index in [2.05, 4.69) is 74.3 Å². The van der Waals surface area contributed by atoms with Gasteiger partial charge in [0.05, 0.1) is 12.1 Å². The molecule has 160 valence electrons. The van der Waals surface area contributed by atoms with Gasteiger partial charge in [-0.25, -0.2) is 0 Å². The fourth-order valence-corrected chi connectivity index (χ4v) is 4.80. The second-order valence-electron chi connectivity index (χ2n) is 8.53. The van der Waals surface area contributed by atoms with Gasteiger partial charge in [-0.3, -0.25) is 4.90 Å². The van der Waals surface area contributed by atoms with Crippen LogP contribution >= 0.6 is 0 Å². The SMILES string of the molecule is C1=C(c2ccc3ccccc3c2)CCN(CCc2nnc3n2CCOc2ccccc2-3)C1. The Morgan fingerprint density at radius 2 is 1.75 bits per heavy atom. The van der Waals surface area contributed by atoms with E-state index in [0.717, 1.165) is 62.0 Å². The van der Waals surface area contributed by atoms with Crippen molar-refractivity contribution in [1.29, 1.82) is 0 Å². The second kappa shape index (κ2) is 8.24. The number of ether oxygens (including phenoxy) is 1. The van der Waals surface area contributed by atoms with E-state index in [1.54, 1.807) is 0 Å². The van der Waals surface area contributed by atoms with Gasteiger partial charge in [0.25, 0.3) is 0 Å². The zero-order valence-electron chi connectivity index (χ0n) is 18.1. The molecule has 5 heteroatoms. The van der Waals surface area contributed by atoms with Crippen LogP contribution in [0.2, 0.25) is 0 Å². The summed E-state index contributed by atoms with van der Waals surface area (Å²) in [5, 5.41) is 11.6. The molecule has 0 unspecified atom stereocenters. The van der Waals surface area contributed by atoms with Crippen LogP contribution in [0.15, 0.2) is 72.8 Å². The van der Waals surface area contributed by atoms with Gasteiger partial charge in [0, 0.05) is 26.1 Å². The molecule has 0 saturated heterocycles. The second-order valence-corrected chi connectivity index (χ2v) is 8.53. The third kappa shape index (κ3) is 3.59. The Morgan fingerprint density at radius 3 is 2.66 bits per heavy atom. The molecule has 0 aliphatic carbocycles. The molecule has 3 aromatic carbocycles. The van der Waals surface area contributed by atoms with Crippen molar-refractivity contribution in [2.45, 2.75) is 19.4 Å². The Balaban J connectivity index is 1.14. The Labute approximate surface area is 188 Å². The number of nitrogens with zero attached hydrogens (tertiary/aromatic N) is 4. The molecular formula is C27H26N4O. The van der Waals surface area contributed by atoms with E-state index >= 15 is 0 Å². The van der Waals surface area contributed by atoms with Crippen LogP contribution in [0.25, 0.3) is 27.7 Å². The molecule has 0 bridgehead atoms. The number of aromatic nitrogens is 3. The summed E-state index contributed by atoms with van der Waals surface area (Å²) in [5.74, 6) is 2.86. The normalized spacial score (nSPS) is 16.1. The standard InChI is InChI=1S/C27H26N4O/c1-2-6-22-19-23(10-9-20(22)5-1)21-11-14-30(15-12-21)16-13-26-28-29-27-24-7-3-4-8-25(24)32-18-17-31(26)27/h1-11,19H,12-18H2. The predicted octanol–water partition coefficient (Wildman–Crippen LogP) is 4.82. The lowest BCUT2D eigenvalue weighted by Crippen LogP contribution is -2.31. The molecule has 0 fully saturated rings. The first-order valence-corrected chi connectivity index (χ1v) is 11.4. The smallest absolute Gasteiger partial charge is 0.167 e. The third-order valence-corrected chi connectivity index (χ3v) is 6.59. The zero-order chi connectivity index (χ0) is 21.3. The highest BCUT2D eigenvalue weighted by atomic mass is 16.5. The third-order valence-electron chi connectivity index (χ3n) is 6.59. The molecule has 4 aromatic rings. The van der Waals surface area contributed by atoms with Crippen LogP contribution in [-0.2, 0) is 13.0 Å². The number of para-hydroxylation sites is 1. The molecular weight excluding hydrogens is 396 g/mol. The Morgan fingerprint density at radius 1 is 0.875 bits per heavy atom. The number of rotatable bonds is 4. The van der Waals surface area contributed by atoms with E-state index in [9.17, 15) is 0 Å². The van der Waals surface area contributed by atoms with Crippen molar-refractivity contribution < 1.29 is 4.74 Å². The van der Waals surface area contributed by atoms with Crippen molar-refractivity contribution in [3.05, 3.63) is 84.2 Å². The van der Waals surface area contributed by atoms with Crippen LogP contribution in [-0.4, -0.2) is 45.9 Å². The van der Waals surface area contributed by atoms with Gasteiger partial charge in [0.2, 0.25) is 0 Å². The molecule has 32 heavy (non-hydrogen) atoms. The van der Waals surface area contributed by atoms with E-state index in [-0.39, 0.29) is 0 Å². The van der Waals surface area contributed by atoms with E-state index in [1.807, 2.05) is 18.2 Å². The minimum Gasteiger partial charge on any atom is -0.491 e. The maximum absolute atomic E-state index is 5.91. The molecule has 5 nitrogen and oxygen atoms in total. The largest absolute Gasteiger partial charge is 0.491 e. The van der Waals surface area contributed by atoms with E-state index in [0.29, 0.717) is 6.61 Å². The first-order chi connectivity index (χ1) is 15.8. The molecule has 0 spiro atoms. The van der Waals surface area contributed by atoms with Gasteiger partial charge in [-0.1, -0.05) is 54.6 Å². The molecule has 2 aliphatic heterocycles. The molecule has 1 aromatic heterocycles. The zero-order valence-corrected chi connectivity index (χ0v) is 18.1. The van der Waals surface area contributed by atoms with Crippen LogP contribution in [0, 0.1) is 0 Å². The first kappa shape index (κ1) is 19.3. The summed E-state index contributed by atoms with van der Waals surface area (Å²) in [5.41, 5.74) is 3.84. The lowest BCUT2D eigenvalue weighted by Gasteiger charge is -2.26. The van der Waals surface area contributed by atoms with Crippen LogP contribution in [0.5, 0.6) is 5.75 Å². The van der Waals surface area contributed by atoms with Crippen LogP contribution < -0.4 is 4.74 Å². The minimum absolute atomic E-state index is 0.649. The number of benzene rings is 3.